The van der Waals surface area contributed by atoms with E-state index in [0.29, 0.717) is 37.5 Å². The molecule has 0 fully saturated rings. The van der Waals surface area contributed by atoms with Crippen LogP contribution in [0, 0.1) is 23.7 Å². The highest BCUT2D eigenvalue weighted by Gasteiger charge is 2.30. The van der Waals surface area contributed by atoms with Crippen LogP contribution in [0.25, 0.3) is 0 Å². The molecular weight excluding hydrogens is 1280 g/mol. The van der Waals surface area contributed by atoms with Gasteiger partial charge in [-0.05, 0) is 49.4 Å². The Morgan fingerprint density at radius 3 is 0.633 bits per heavy atom. The van der Waals surface area contributed by atoms with Crippen molar-refractivity contribution in [2.24, 2.45) is 23.7 Å². The van der Waals surface area contributed by atoms with Gasteiger partial charge >= 0.3 is 39.5 Å². The summed E-state index contributed by atoms with van der Waals surface area (Å²) in [5.74, 6) is 0.898. The average Bonchev–Trinajstić information content (AvgIpc) is 0.924. The van der Waals surface area contributed by atoms with Crippen LogP contribution in [-0.4, -0.2) is 96.7 Å². The lowest BCUT2D eigenvalue weighted by Gasteiger charge is -2.21. The molecule has 0 radical (unpaired) electrons. The Bertz CT molecular complexity index is 1920. The van der Waals surface area contributed by atoms with E-state index in [4.69, 9.17) is 37.0 Å². The minimum Gasteiger partial charge on any atom is -0.462 e. The Balaban J connectivity index is 5.19. The van der Waals surface area contributed by atoms with Gasteiger partial charge in [0.25, 0.3) is 0 Å². The maximum atomic E-state index is 13.1. The lowest BCUT2D eigenvalue weighted by Crippen LogP contribution is -2.30. The number of unbranched alkanes of at least 4 members (excludes halogenated alkanes) is 42. The zero-order chi connectivity index (χ0) is 72.4. The molecule has 3 N–H and O–H groups in total. The predicted octanol–water partition coefficient (Wildman–Crippen LogP) is 23.2. The van der Waals surface area contributed by atoms with E-state index in [1.165, 1.54) is 199 Å². The van der Waals surface area contributed by atoms with Gasteiger partial charge in [-0.3, -0.25) is 37.3 Å². The summed E-state index contributed by atoms with van der Waals surface area (Å²) in [7, 11) is -9.91. The maximum absolute atomic E-state index is 13.1. The summed E-state index contributed by atoms with van der Waals surface area (Å²) in [6, 6.07) is 0. The molecule has 5 atom stereocenters. The van der Waals surface area contributed by atoms with E-state index in [1.54, 1.807) is 0 Å². The van der Waals surface area contributed by atoms with Gasteiger partial charge in [0.15, 0.2) is 12.2 Å². The third-order valence-corrected chi connectivity index (χ3v) is 20.2. The first-order valence-electron chi connectivity index (χ1n) is 40.7. The average molecular weight is 1440 g/mol. The fraction of sp³-hybridized carbons (Fsp3) is 0.949. The zero-order valence-corrected chi connectivity index (χ0v) is 66.2. The lowest BCUT2D eigenvalue weighted by molar-refractivity contribution is -0.161. The maximum Gasteiger partial charge on any atom is 0.472 e. The molecule has 582 valence electrons. The number of ether oxygens (including phenoxy) is 4. The number of carbonyl (C=O) groups excluding carboxylic acids is 4. The standard InChI is InChI=1S/C79H154O17P2/c1-69(2)55-47-39-31-25-21-17-13-11-9-10-12-14-19-23-27-35-43-51-59-76(81)89-65-74(95-78(83)61-53-45-36-28-24-20-16-15-18-22-26-32-40-48-56-70(3)4)67-93-97(85,86)91-63-73(80)64-92-98(87,88)94-68-75(96-79(84)62-54-46-38-30-34-42-50-58-72(7)8)66-90-77(82)60-52-44-37-29-33-41-49-57-71(5)6/h69-75,80H,9-68H2,1-8H3,(H,85,86)(H,87,88)/t73?,74-,75-/m1/s1. The summed E-state index contributed by atoms with van der Waals surface area (Å²) < 4.78 is 68.5. The van der Waals surface area contributed by atoms with Gasteiger partial charge in [-0.15, -0.1) is 0 Å². The quantitative estimate of drug-likeness (QED) is 0.0222. The van der Waals surface area contributed by atoms with Crippen LogP contribution in [0.2, 0.25) is 0 Å². The molecule has 0 heterocycles. The van der Waals surface area contributed by atoms with Crippen LogP contribution in [0.1, 0.15) is 402 Å². The van der Waals surface area contributed by atoms with Gasteiger partial charge in [-0.1, -0.05) is 351 Å². The van der Waals surface area contributed by atoms with Crippen LogP contribution in [0.5, 0.6) is 0 Å². The monoisotopic (exact) mass is 1440 g/mol. The zero-order valence-electron chi connectivity index (χ0n) is 64.4. The van der Waals surface area contributed by atoms with Crippen molar-refractivity contribution in [1.29, 1.82) is 0 Å². The van der Waals surface area contributed by atoms with E-state index in [0.717, 1.165) is 108 Å². The Hall–Kier alpha value is -1.94. The molecule has 0 rings (SSSR count). The second-order valence-corrected chi connectivity index (χ2v) is 33.3. The molecule has 98 heavy (non-hydrogen) atoms. The Morgan fingerprint density at radius 1 is 0.255 bits per heavy atom. The van der Waals surface area contributed by atoms with Crippen LogP contribution in [0.4, 0.5) is 0 Å². The van der Waals surface area contributed by atoms with Crippen molar-refractivity contribution < 1.29 is 80.2 Å². The highest BCUT2D eigenvalue weighted by atomic mass is 31.2. The molecule has 0 amide bonds. The van der Waals surface area contributed by atoms with Crippen molar-refractivity contribution in [2.75, 3.05) is 39.6 Å². The molecular formula is C79H154O17P2. The largest absolute Gasteiger partial charge is 0.472 e. The summed E-state index contributed by atoms with van der Waals surface area (Å²) in [5.41, 5.74) is 0. The molecule has 0 bridgehead atoms. The minimum absolute atomic E-state index is 0.102. The molecule has 0 aromatic rings. The van der Waals surface area contributed by atoms with Gasteiger partial charge < -0.3 is 33.8 Å². The summed E-state index contributed by atoms with van der Waals surface area (Å²) in [4.78, 5) is 72.8. The fourth-order valence-corrected chi connectivity index (χ4v) is 13.7. The molecule has 0 aliphatic rings. The third kappa shape index (κ3) is 72.4. The second-order valence-electron chi connectivity index (χ2n) is 30.4. The van der Waals surface area contributed by atoms with Crippen molar-refractivity contribution >= 4 is 39.5 Å². The second kappa shape index (κ2) is 68.2. The highest BCUT2D eigenvalue weighted by Crippen LogP contribution is 2.45. The molecule has 17 nitrogen and oxygen atoms in total. The topological polar surface area (TPSA) is 237 Å². The third-order valence-electron chi connectivity index (χ3n) is 18.3. The first-order valence-corrected chi connectivity index (χ1v) is 43.7. The summed E-state index contributed by atoms with van der Waals surface area (Å²) >= 11 is 0. The normalized spacial score (nSPS) is 14.1. The van der Waals surface area contributed by atoms with Crippen LogP contribution in [0.3, 0.4) is 0 Å². The van der Waals surface area contributed by atoms with E-state index in [1.807, 2.05) is 0 Å². The fourth-order valence-electron chi connectivity index (χ4n) is 12.1. The lowest BCUT2D eigenvalue weighted by atomic mass is 10.0. The number of hydrogen-bond donors (Lipinski definition) is 3. The van der Waals surface area contributed by atoms with Gasteiger partial charge in [0.2, 0.25) is 0 Å². The molecule has 0 aliphatic carbocycles. The summed E-state index contributed by atoms with van der Waals surface area (Å²) in [5, 5.41) is 10.6. The molecule has 0 aliphatic heterocycles. The SMILES string of the molecule is CC(C)CCCCCCCCCCCCCCCCCCCCC(=O)OC[C@H](COP(=O)(O)OCC(O)COP(=O)(O)OC[C@@H](COC(=O)CCCCCCCCCC(C)C)OC(=O)CCCCCCCCCC(C)C)OC(=O)CCCCCCCCCCCCCCCCC(C)C. The first-order chi connectivity index (χ1) is 47.1. The van der Waals surface area contributed by atoms with Crippen LogP contribution >= 0.6 is 15.6 Å². The molecule has 0 spiro atoms. The molecule has 0 saturated heterocycles. The van der Waals surface area contributed by atoms with Gasteiger partial charge in [-0.2, -0.15) is 0 Å². The van der Waals surface area contributed by atoms with Crippen molar-refractivity contribution in [3.05, 3.63) is 0 Å². The Kier molecular flexibility index (Phi) is 66.8. The van der Waals surface area contributed by atoms with Crippen LogP contribution < -0.4 is 0 Å². The van der Waals surface area contributed by atoms with E-state index in [-0.39, 0.29) is 25.7 Å². The minimum atomic E-state index is -4.96. The number of phosphoric ester groups is 2. The van der Waals surface area contributed by atoms with E-state index < -0.39 is 97.5 Å². The Morgan fingerprint density at radius 2 is 0.429 bits per heavy atom. The van der Waals surface area contributed by atoms with Crippen molar-refractivity contribution in [3.63, 3.8) is 0 Å². The molecule has 3 unspecified atom stereocenters. The first kappa shape index (κ1) is 96.1. The summed E-state index contributed by atoms with van der Waals surface area (Å²) in [6.45, 7) is 14.2. The van der Waals surface area contributed by atoms with Gasteiger partial charge in [0, 0.05) is 25.7 Å². The number of esters is 4. The Labute approximate surface area is 600 Å². The molecule has 0 saturated carbocycles. The number of aliphatic hydroxyl groups is 1. The molecule has 19 heteroatoms. The van der Waals surface area contributed by atoms with E-state index >= 15 is 0 Å². The van der Waals surface area contributed by atoms with Crippen LogP contribution in [0.15, 0.2) is 0 Å². The number of aliphatic hydroxyl groups excluding tert-OH is 1. The highest BCUT2D eigenvalue weighted by molar-refractivity contribution is 7.47. The number of hydrogen-bond acceptors (Lipinski definition) is 15. The number of phosphoric acid groups is 2. The smallest absolute Gasteiger partial charge is 0.462 e. The van der Waals surface area contributed by atoms with Crippen molar-refractivity contribution in [1.82, 2.24) is 0 Å². The summed E-state index contributed by atoms with van der Waals surface area (Å²) in [6.07, 6.45) is 54.5. The number of rotatable bonds is 76. The van der Waals surface area contributed by atoms with Crippen LogP contribution in [-0.2, 0) is 65.4 Å². The van der Waals surface area contributed by atoms with E-state index in [9.17, 15) is 43.2 Å². The van der Waals surface area contributed by atoms with Gasteiger partial charge in [0.1, 0.15) is 19.3 Å². The van der Waals surface area contributed by atoms with Crippen molar-refractivity contribution in [3.8, 4) is 0 Å². The number of carbonyl (C=O) groups is 4. The molecule has 0 aromatic heterocycles. The van der Waals surface area contributed by atoms with Gasteiger partial charge in [-0.25, -0.2) is 9.13 Å². The predicted molar refractivity (Wildman–Crippen MR) is 400 cm³/mol. The van der Waals surface area contributed by atoms with E-state index in [2.05, 4.69) is 55.4 Å². The van der Waals surface area contributed by atoms with Gasteiger partial charge in [0.05, 0.1) is 26.4 Å². The molecule has 0 aromatic carbocycles. The van der Waals surface area contributed by atoms with Crippen molar-refractivity contribution in [2.45, 2.75) is 420 Å².